The standard InChI is InChI=1S/C32H36N6O3/c1-19(2)26-12-11-24(16-20(26)3)35-30(39)22-6-4-7-23(17-22)34-27-13-14-33-29-28(27)31(37-36-29)41-25-8-5-15-38(18-25)32(40)21-9-10-21/h4,6-7,11-14,16-17,19,21,25H,5,8-10,15,18H2,1-3H3,(H,35,39)(H2,33,34,36,37). The number of H-pyrrole nitrogens is 1. The molecule has 1 aliphatic heterocycles. The van der Waals surface area contributed by atoms with Crippen LogP contribution in [0.5, 0.6) is 5.88 Å². The number of aromatic nitrogens is 3. The van der Waals surface area contributed by atoms with Gasteiger partial charge in [-0.3, -0.25) is 14.7 Å². The Morgan fingerprint density at radius 1 is 1.07 bits per heavy atom. The van der Waals surface area contributed by atoms with Crippen molar-refractivity contribution < 1.29 is 14.3 Å². The molecule has 1 unspecified atom stereocenters. The molecule has 9 heteroatoms. The molecule has 1 saturated heterocycles. The summed E-state index contributed by atoms with van der Waals surface area (Å²) in [6.45, 7) is 7.75. The molecular weight excluding hydrogens is 516 g/mol. The molecule has 0 bridgehead atoms. The zero-order valence-electron chi connectivity index (χ0n) is 23.7. The first-order valence-electron chi connectivity index (χ1n) is 14.4. The number of nitrogens with zero attached hydrogens (tertiary/aromatic N) is 3. The molecule has 2 amide bonds. The van der Waals surface area contributed by atoms with Crippen LogP contribution in [-0.4, -0.2) is 51.1 Å². The number of aryl methyl sites for hydroxylation is 1. The van der Waals surface area contributed by atoms with Crippen molar-refractivity contribution in [2.45, 2.75) is 58.5 Å². The van der Waals surface area contributed by atoms with Crippen molar-refractivity contribution in [1.82, 2.24) is 20.1 Å². The van der Waals surface area contributed by atoms with Crippen LogP contribution in [0.15, 0.2) is 54.7 Å². The number of anilines is 3. The van der Waals surface area contributed by atoms with Crippen molar-refractivity contribution in [2.24, 2.45) is 5.92 Å². The molecule has 212 valence electrons. The van der Waals surface area contributed by atoms with Crippen LogP contribution in [-0.2, 0) is 4.79 Å². The first-order valence-corrected chi connectivity index (χ1v) is 14.4. The van der Waals surface area contributed by atoms with Gasteiger partial charge in [0.15, 0.2) is 5.65 Å². The van der Waals surface area contributed by atoms with Crippen molar-refractivity contribution in [3.8, 4) is 5.88 Å². The van der Waals surface area contributed by atoms with Crippen molar-refractivity contribution in [3.05, 3.63) is 71.4 Å². The minimum absolute atomic E-state index is 0.128. The van der Waals surface area contributed by atoms with E-state index in [0.29, 0.717) is 29.6 Å². The largest absolute Gasteiger partial charge is 0.471 e. The summed E-state index contributed by atoms with van der Waals surface area (Å²) in [7, 11) is 0. The second-order valence-electron chi connectivity index (χ2n) is 11.4. The van der Waals surface area contributed by atoms with Gasteiger partial charge in [0.2, 0.25) is 11.8 Å². The van der Waals surface area contributed by atoms with E-state index in [2.05, 4.69) is 52.7 Å². The number of fused-ring (bicyclic) bond motifs is 1. The third kappa shape index (κ3) is 5.89. The van der Waals surface area contributed by atoms with Crippen molar-refractivity contribution in [3.63, 3.8) is 0 Å². The minimum Gasteiger partial charge on any atom is -0.471 e. The second kappa shape index (κ2) is 11.2. The number of piperidine rings is 1. The highest BCUT2D eigenvalue weighted by Crippen LogP contribution is 2.35. The summed E-state index contributed by atoms with van der Waals surface area (Å²) in [5.74, 6) is 1.15. The van der Waals surface area contributed by atoms with Gasteiger partial charge in [0.05, 0.1) is 12.2 Å². The highest BCUT2D eigenvalue weighted by atomic mass is 16.5. The van der Waals surface area contributed by atoms with Gasteiger partial charge in [-0.15, -0.1) is 5.10 Å². The first-order chi connectivity index (χ1) is 19.9. The Labute approximate surface area is 239 Å². The molecule has 0 radical (unpaired) electrons. The van der Waals surface area contributed by atoms with Crippen LogP contribution in [0.4, 0.5) is 17.1 Å². The highest BCUT2D eigenvalue weighted by molar-refractivity contribution is 6.05. The fourth-order valence-corrected chi connectivity index (χ4v) is 5.59. The SMILES string of the molecule is Cc1cc(NC(=O)c2cccc(Nc3ccnc4[nH]nc(OC5CCCN(C(=O)C6CC6)C5)c34)c2)ccc1C(C)C. The molecule has 2 aromatic carbocycles. The quantitative estimate of drug-likeness (QED) is 0.241. The summed E-state index contributed by atoms with van der Waals surface area (Å²) in [4.78, 5) is 32.1. The van der Waals surface area contributed by atoms with Gasteiger partial charge in [-0.05, 0) is 86.1 Å². The van der Waals surface area contributed by atoms with Gasteiger partial charge in [-0.2, -0.15) is 0 Å². The third-order valence-electron chi connectivity index (χ3n) is 7.88. The van der Waals surface area contributed by atoms with E-state index in [9.17, 15) is 9.59 Å². The number of rotatable bonds is 8. The van der Waals surface area contributed by atoms with Gasteiger partial charge in [-0.25, -0.2) is 4.98 Å². The minimum atomic E-state index is -0.180. The number of carbonyl (C=O) groups excluding carboxylic acids is 2. The van der Waals surface area contributed by atoms with E-state index in [0.717, 1.165) is 60.2 Å². The van der Waals surface area contributed by atoms with Gasteiger partial charge in [0.1, 0.15) is 11.5 Å². The maximum atomic E-state index is 13.1. The van der Waals surface area contributed by atoms with Crippen molar-refractivity contribution in [1.29, 1.82) is 0 Å². The number of benzene rings is 2. The maximum absolute atomic E-state index is 13.1. The molecule has 4 aromatic rings. The average molecular weight is 553 g/mol. The van der Waals surface area contributed by atoms with Crippen LogP contribution in [0.25, 0.3) is 11.0 Å². The molecular formula is C32H36N6O3. The third-order valence-corrected chi connectivity index (χ3v) is 7.88. The zero-order valence-corrected chi connectivity index (χ0v) is 23.7. The maximum Gasteiger partial charge on any atom is 0.255 e. The summed E-state index contributed by atoms with van der Waals surface area (Å²) < 4.78 is 6.35. The van der Waals surface area contributed by atoms with E-state index in [4.69, 9.17) is 4.74 Å². The predicted octanol–water partition coefficient (Wildman–Crippen LogP) is 6.17. The van der Waals surface area contributed by atoms with E-state index >= 15 is 0 Å². The number of amides is 2. The Bertz CT molecular complexity index is 1590. The molecule has 1 saturated carbocycles. The van der Waals surface area contributed by atoms with E-state index in [-0.39, 0.29) is 23.8 Å². The number of carbonyl (C=O) groups is 2. The van der Waals surface area contributed by atoms with Crippen molar-refractivity contribution >= 4 is 39.9 Å². The number of nitrogens with one attached hydrogen (secondary N) is 3. The smallest absolute Gasteiger partial charge is 0.255 e. The molecule has 0 spiro atoms. The van der Waals surface area contributed by atoms with Crippen LogP contribution >= 0.6 is 0 Å². The lowest BCUT2D eigenvalue weighted by molar-refractivity contribution is -0.135. The lowest BCUT2D eigenvalue weighted by Crippen LogP contribution is -2.45. The number of hydrogen-bond acceptors (Lipinski definition) is 6. The molecule has 2 aromatic heterocycles. The lowest BCUT2D eigenvalue weighted by Gasteiger charge is -2.32. The van der Waals surface area contributed by atoms with Gasteiger partial charge in [-0.1, -0.05) is 26.0 Å². The summed E-state index contributed by atoms with van der Waals surface area (Å²) in [6, 6.07) is 15.3. The highest BCUT2D eigenvalue weighted by Gasteiger charge is 2.36. The number of hydrogen-bond donors (Lipinski definition) is 3. The normalized spacial score (nSPS) is 17.1. The summed E-state index contributed by atoms with van der Waals surface area (Å²) in [5, 5.41) is 14.5. The summed E-state index contributed by atoms with van der Waals surface area (Å²) >= 11 is 0. The molecule has 6 rings (SSSR count). The molecule has 1 aliphatic carbocycles. The molecule has 41 heavy (non-hydrogen) atoms. The summed E-state index contributed by atoms with van der Waals surface area (Å²) in [5.41, 5.74) is 5.85. The van der Waals surface area contributed by atoms with Crippen molar-refractivity contribution in [2.75, 3.05) is 23.7 Å². The fourth-order valence-electron chi connectivity index (χ4n) is 5.59. The first kappa shape index (κ1) is 26.8. The molecule has 2 fully saturated rings. The molecule has 3 heterocycles. The van der Waals surface area contributed by atoms with Crippen LogP contribution in [0.1, 0.15) is 66.9 Å². The number of ether oxygens (including phenoxy) is 1. The van der Waals surface area contributed by atoms with Crippen LogP contribution in [0.2, 0.25) is 0 Å². The molecule has 1 atom stereocenters. The Kier molecular flexibility index (Phi) is 7.34. The summed E-state index contributed by atoms with van der Waals surface area (Å²) in [6.07, 6.45) is 5.34. The fraction of sp³-hybridized carbons (Fsp3) is 0.375. The Balaban J connectivity index is 1.18. The van der Waals surface area contributed by atoms with Gasteiger partial charge in [0, 0.05) is 35.6 Å². The van der Waals surface area contributed by atoms with Gasteiger partial charge >= 0.3 is 0 Å². The molecule has 2 aliphatic rings. The second-order valence-corrected chi connectivity index (χ2v) is 11.4. The Hall–Kier alpha value is -4.40. The van der Waals surface area contributed by atoms with Crippen LogP contribution < -0.4 is 15.4 Å². The van der Waals surface area contributed by atoms with E-state index in [1.807, 2.05) is 41.3 Å². The average Bonchev–Trinajstić information content (AvgIpc) is 3.74. The van der Waals surface area contributed by atoms with E-state index < -0.39 is 0 Å². The molecule has 9 nitrogen and oxygen atoms in total. The van der Waals surface area contributed by atoms with E-state index in [1.165, 1.54) is 5.56 Å². The number of likely N-dealkylation sites (tertiary alicyclic amines) is 1. The topological polar surface area (TPSA) is 112 Å². The number of aromatic amines is 1. The number of pyridine rings is 1. The monoisotopic (exact) mass is 552 g/mol. The zero-order chi connectivity index (χ0) is 28.5. The molecule has 3 N–H and O–H groups in total. The van der Waals surface area contributed by atoms with Gasteiger partial charge < -0.3 is 20.3 Å². The van der Waals surface area contributed by atoms with Gasteiger partial charge in [0.25, 0.3) is 5.91 Å². The Morgan fingerprint density at radius 3 is 2.71 bits per heavy atom. The lowest BCUT2D eigenvalue weighted by atomic mass is 9.97. The van der Waals surface area contributed by atoms with Crippen LogP contribution in [0, 0.1) is 12.8 Å². The van der Waals surface area contributed by atoms with E-state index in [1.54, 1.807) is 12.3 Å². The Morgan fingerprint density at radius 2 is 1.93 bits per heavy atom. The van der Waals surface area contributed by atoms with Crippen LogP contribution in [0.3, 0.4) is 0 Å². The predicted molar refractivity (Wildman–Crippen MR) is 160 cm³/mol.